The van der Waals surface area contributed by atoms with Crippen LogP contribution in [-0.2, 0) is 9.84 Å². The third kappa shape index (κ3) is 2.47. The maximum atomic E-state index is 12.2. The first-order valence-corrected chi connectivity index (χ1v) is 5.62. The van der Waals surface area contributed by atoms with E-state index in [0.717, 1.165) is 12.1 Å². The monoisotopic (exact) mass is 267 g/mol. The summed E-state index contributed by atoms with van der Waals surface area (Å²) in [5.74, 6) is 1.32. The van der Waals surface area contributed by atoms with Gasteiger partial charge in [-0.1, -0.05) is 0 Å². The molecule has 0 aliphatic carbocycles. The van der Waals surface area contributed by atoms with Crippen molar-refractivity contribution in [2.24, 2.45) is 5.84 Å². The fourth-order valence-corrected chi connectivity index (χ4v) is 1.80. The highest BCUT2D eigenvalue weighted by atomic mass is 32.2. The molecule has 0 saturated heterocycles. The maximum absolute atomic E-state index is 12.2. The number of nitro groups is 1. The average Bonchev–Trinajstić information content (AvgIpc) is 2.27. The van der Waals surface area contributed by atoms with Crippen molar-refractivity contribution in [2.45, 2.75) is 10.7 Å². The summed E-state index contributed by atoms with van der Waals surface area (Å²) in [6.45, 7) is 0. The van der Waals surface area contributed by atoms with Gasteiger partial charge in [-0.25, -0.2) is 8.42 Å². The predicted octanol–water partition coefficient (Wildman–Crippen LogP) is 0.877. The molecule has 0 fully saturated rings. The van der Waals surface area contributed by atoms with Gasteiger partial charge in [0, 0.05) is 6.07 Å². The highest BCUT2D eigenvalue weighted by molar-refractivity contribution is 7.91. The largest absolute Gasteiger partial charge is 0.341 e. The zero-order chi connectivity index (χ0) is 13.2. The Kier molecular flexibility index (Phi) is 3.58. The Morgan fingerprint density at radius 1 is 1.41 bits per heavy atom. The molecule has 0 amide bonds. The second-order valence-electron chi connectivity index (χ2n) is 2.89. The topological polar surface area (TPSA) is 115 Å². The second-order valence-corrected chi connectivity index (χ2v) is 4.80. The Morgan fingerprint density at radius 2 is 2.00 bits per heavy atom. The molecule has 0 spiro atoms. The number of nitro benzene ring substituents is 1. The highest BCUT2D eigenvalue weighted by Crippen LogP contribution is 2.28. The van der Waals surface area contributed by atoms with E-state index in [4.69, 9.17) is 5.84 Å². The Hall–Kier alpha value is -1.81. The van der Waals surface area contributed by atoms with Gasteiger partial charge in [0.15, 0.2) is 0 Å². The van der Waals surface area contributed by atoms with E-state index in [-0.39, 0.29) is 5.69 Å². The normalized spacial score (nSPS) is 11.5. The average molecular weight is 267 g/mol. The number of nitrogens with one attached hydrogen (secondary N) is 1. The van der Waals surface area contributed by atoms with Crippen molar-refractivity contribution in [2.75, 3.05) is 5.43 Å². The van der Waals surface area contributed by atoms with Crippen molar-refractivity contribution in [1.82, 2.24) is 0 Å². The lowest BCUT2D eigenvalue weighted by molar-refractivity contribution is -0.384. The first-order valence-electron chi connectivity index (χ1n) is 4.08. The summed E-state index contributed by atoms with van der Waals surface area (Å²) in [4.78, 5) is 8.79. The minimum absolute atomic E-state index is 0.178. The summed E-state index contributed by atoms with van der Waals surface area (Å²) in [6.07, 6.45) is 0. The molecule has 1 rings (SSSR count). The Balaban J connectivity index is 3.41. The van der Waals surface area contributed by atoms with Crippen LogP contribution in [0.2, 0.25) is 0 Å². The van der Waals surface area contributed by atoms with Crippen LogP contribution in [0.3, 0.4) is 0 Å². The number of nitrogens with two attached hydrogens (primary N) is 1. The SMILES string of the molecule is NNc1ccc(S(=O)(=O)C(F)F)cc1[N+](=O)[O-]. The van der Waals surface area contributed by atoms with Crippen LogP contribution in [0.15, 0.2) is 23.1 Å². The zero-order valence-corrected chi connectivity index (χ0v) is 8.95. The van der Waals surface area contributed by atoms with Crippen molar-refractivity contribution in [1.29, 1.82) is 0 Å². The van der Waals surface area contributed by atoms with Crippen LogP contribution in [0.1, 0.15) is 0 Å². The number of nitrogen functional groups attached to an aromatic ring is 1. The molecule has 94 valence electrons. The van der Waals surface area contributed by atoms with Gasteiger partial charge in [-0.2, -0.15) is 8.78 Å². The third-order valence-corrected chi connectivity index (χ3v) is 3.26. The van der Waals surface area contributed by atoms with Crippen molar-refractivity contribution >= 4 is 21.2 Å². The first-order chi connectivity index (χ1) is 7.80. The van der Waals surface area contributed by atoms with E-state index in [2.05, 4.69) is 0 Å². The van der Waals surface area contributed by atoms with E-state index in [1.54, 1.807) is 0 Å². The number of alkyl halides is 2. The summed E-state index contributed by atoms with van der Waals surface area (Å²) in [5.41, 5.74) is 1.08. The maximum Gasteiger partial charge on any atom is 0.341 e. The van der Waals surface area contributed by atoms with Gasteiger partial charge in [0.1, 0.15) is 5.69 Å². The third-order valence-electron chi connectivity index (χ3n) is 1.88. The molecule has 0 aliphatic rings. The van der Waals surface area contributed by atoms with E-state index in [9.17, 15) is 27.3 Å². The van der Waals surface area contributed by atoms with Crippen LogP contribution < -0.4 is 11.3 Å². The minimum Gasteiger partial charge on any atom is -0.318 e. The van der Waals surface area contributed by atoms with Gasteiger partial charge in [-0.15, -0.1) is 0 Å². The van der Waals surface area contributed by atoms with Gasteiger partial charge in [-0.05, 0) is 12.1 Å². The second kappa shape index (κ2) is 4.59. The number of rotatable bonds is 4. The number of benzene rings is 1. The molecule has 7 nitrogen and oxygen atoms in total. The summed E-state index contributed by atoms with van der Waals surface area (Å²) < 4.78 is 46.6. The fourth-order valence-electron chi connectivity index (χ4n) is 1.06. The van der Waals surface area contributed by atoms with Gasteiger partial charge in [0.05, 0.1) is 9.82 Å². The molecule has 10 heteroatoms. The van der Waals surface area contributed by atoms with Gasteiger partial charge in [0.25, 0.3) is 5.69 Å². The lowest BCUT2D eigenvalue weighted by atomic mass is 10.3. The number of sulfone groups is 1. The van der Waals surface area contributed by atoms with Crippen LogP contribution in [0.25, 0.3) is 0 Å². The van der Waals surface area contributed by atoms with Crippen molar-refractivity contribution in [3.63, 3.8) is 0 Å². The molecule has 1 aromatic rings. The van der Waals surface area contributed by atoms with Crippen LogP contribution in [0.4, 0.5) is 20.2 Å². The van der Waals surface area contributed by atoms with E-state index < -0.39 is 31.1 Å². The van der Waals surface area contributed by atoms with Crippen molar-refractivity contribution < 1.29 is 22.1 Å². The molecular formula is C7H7F2N3O4S. The Bertz CT molecular complexity index is 546. The lowest BCUT2D eigenvalue weighted by Gasteiger charge is -2.05. The summed E-state index contributed by atoms with van der Waals surface area (Å²) in [7, 11) is -4.86. The fraction of sp³-hybridized carbons (Fsp3) is 0.143. The van der Waals surface area contributed by atoms with Crippen LogP contribution in [0, 0.1) is 10.1 Å². The Morgan fingerprint density at radius 3 is 2.41 bits per heavy atom. The van der Waals surface area contributed by atoms with Gasteiger partial charge in [0.2, 0.25) is 9.84 Å². The molecule has 1 aromatic carbocycles. The van der Waals surface area contributed by atoms with E-state index in [1.165, 1.54) is 0 Å². The molecule has 0 saturated carbocycles. The quantitative estimate of drug-likeness (QED) is 0.475. The first kappa shape index (κ1) is 13.3. The summed E-state index contributed by atoms with van der Waals surface area (Å²) >= 11 is 0. The molecule has 0 atom stereocenters. The van der Waals surface area contributed by atoms with Crippen LogP contribution >= 0.6 is 0 Å². The van der Waals surface area contributed by atoms with E-state index in [1.807, 2.05) is 5.43 Å². The molecule has 0 bridgehead atoms. The number of nitrogens with zero attached hydrogens (tertiary/aromatic N) is 1. The molecule has 0 heterocycles. The van der Waals surface area contributed by atoms with E-state index in [0.29, 0.717) is 6.07 Å². The van der Waals surface area contributed by atoms with Crippen LogP contribution in [-0.4, -0.2) is 19.1 Å². The standard InChI is InChI=1S/C7H7F2N3O4S/c8-7(9)17(15,16)4-1-2-5(11-10)6(3-4)12(13)14/h1-3,7,11H,10H2. The molecule has 0 aliphatic heterocycles. The molecule has 3 N–H and O–H groups in total. The van der Waals surface area contributed by atoms with Gasteiger partial charge in [-0.3, -0.25) is 16.0 Å². The number of hydrogen-bond acceptors (Lipinski definition) is 6. The smallest absolute Gasteiger partial charge is 0.318 e. The van der Waals surface area contributed by atoms with Crippen molar-refractivity contribution in [3.05, 3.63) is 28.3 Å². The van der Waals surface area contributed by atoms with Crippen molar-refractivity contribution in [3.8, 4) is 0 Å². The number of anilines is 1. The molecule has 17 heavy (non-hydrogen) atoms. The number of halogens is 2. The minimum atomic E-state index is -4.86. The van der Waals surface area contributed by atoms with Crippen LogP contribution in [0.5, 0.6) is 0 Å². The molecule has 0 radical (unpaired) electrons. The van der Waals surface area contributed by atoms with Gasteiger partial charge >= 0.3 is 5.76 Å². The molecule has 0 aromatic heterocycles. The van der Waals surface area contributed by atoms with E-state index >= 15 is 0 Å². The Labute approximate surface area is 94.3 Å². The zero-order valence-electron chi connectivity index (χ0n) is 8.13. The summed E-state index contributed by atoms with van der Waals surface area (Å²) in [6, 6.07) is 2.27. The number of hydrazine groups is 1. The molecular weight excluding hydrogens is 260 g/mol. The highest BCUT2D eigenvalue weighted by Gasteiger charge is 2.29. The molecule has 0 unspecified atom stereocenters. The van der Waals surface area contributed by atoms with Gasteiger partial charge < -0.3 is 5.43 Å². The predicted molar refractivity (Wildman–Crippen MR) is 54.1 cm³/mol. The lowest BCUT2D eigenvalue weighted by Crippen LogP contribution is -2.13. The summed E-state index contributed by atoms with van der Waals surface area (Å²) in [5, 5.41) is 10.6. The number of hydrogen-bond donors (Lipinski definition) is 2.